The molecule has 2 aromatic carbocycles. The summed E-state index contributed by atoms with van der Waals surface area (Å²) in [7, 11) is 0. The molecule has 2 rings (SSSR count). The van der Waals surface area contributed by atoms with Crippen molar-refractivity contribution in [3.63, 3.8) is 0 Å². The molecule has 0 bridgehead atoms. The van der Waals surface area contributed by atoms with Gasteiger partial charge in [0.05, 0.1) is 15.9 Å². The van der Waals surface area contributed by atoms with Crippen LogP contribution < -0.4 is 9.47 Å². The van der Waals surface area contributed by atoms with E-state index >= 15 is 0 Å². The van der Waals surface area contributed by atoms with Crippen LogP contribution in [0.15, 0.2) is 36.4 Å². The van der Waals surface area contributed by atoms with Crippen LogP contribution in [-0.2, 0) is 34.0 Å². The fourth-order valence-corrected chi connectivity index (χ4v) is 4.22. The topological polar surface area (TPSA) is 118 Å². The molecule has 0 spiro atoms. The lowest BCUT2D eigenvalue weighted by molar-refractivity contribution is -0.207. The fraction of sp³-hybridized carbons (Fsp3) is 0.444. The molecule has 0 heterocycles. The van der Waals surface area contributed by atoms with E-state index in [9.17, 15) is 19.5 Å². The minimum atomic E-state index is -2.04. The number of esters is 3. The average Bonchev–Trinajstić information content (AvgIpc) is 2.84. The third kappa shape index (κ3) is 9.76. The molecule has 0 saturated heterocycles. The summed E-state index contributed by atoms with van der Waals surface area (Å²) in [5.41, 5.74) is 1.15. The first-order chi connectivity index (χ1) is 18.2. The van der Waals surface area contributed by atoms with Crippen LogP contribution in [0, 0.1) is 0 Å². The van der Waals surface area contributed by atoms with Gasteiger partial charge in [-0.2, -0.15) is 0 Å². The molecule has 0 aliphatic carbocycles. The number of halogens is 3. The van der Waals surface area contributed by atoms with E-state index in [2.05, 4.69) is 0 Å². The lowest BCUT2D eigenvalue weighted by Crippen LogP contribution is -2.42. The van der Waals surface area contributed by atoms with E-state index in [0.29, 0.717) is 5.75 Å². The molecule has 0 unspecified atom stereocenters. The van der Waals surface area contributed by atoms with Crippen LogP contribution in [-0.4, -0.2) is 60.6 Å². The number of alkyl halides is 1. The van der Waals surface area contributed by atoms with Crippen LogP contribution in [0.5, 0.6) is 11.5 Å². The summed E-state index contributed by atoms with van der Waals surface area (Å²) >= 11 is 18.7. The minimum absolute atomic E-state index is 0.00141. The second-order valence-corrected chi connectivity index (χ2v) is 10.3. The van der Waals surface area contributed by atoms with Gasteiger partial charge in [-0.15, -0.1) is 11.6 Å². The highest BCUT2D eigenvalue weighted by Gasteiger charge is 2.32. The third-order valence-corrected chi connectivity index (χ3v) is 6.50. The Bertz CT molecular complexity index is 1140. The van der Waals surface area contributed by atoms with Gasteiger partial charge in [-0.05, 0) is 35.4 Å². The zero-order valence-corrected chi connectivity index (χ0v) is 24.5. The molecule has 0 radical (unpaired) electrons. The van der Waals surface area contributed by atoms with Crippen molar-refractivity contribution in [2.24, 2.45) is 0 Å². The van der Waals surface area contributed by atoms with Gasteiger partial charge in [0.2, 0.25) is 0 Å². The molecule has 0 aliphatic rings. The Morgan fingerprint density at radius 3 is 1.95 bits per heavy atom. The van der Waals surface area contributed by atoms with E-state index in [-0.39, 0.29) is 29.0 Å². The predicted octanol–water partition coefficient (Wildman–Crippen LogP) is 5.06. The molecule has 12 heteroatoms. The zero-order chi connectivity index (χ0) is 29.4. The molecule has 0 aliphatic heterocycles. The molecule has 214 valence electrons. The smallest absolute Gasteiger partial charge is 0.305 e. The van der Waals surface area contributed by atoms with Gasteiger partial charge in [-0.25, -0.2) is 0 Å². The van der Waals surface area contributed by atoms with Crippen molar-refractivity contribution in [1.29, 1.82) is 0 Å². The van der Waals surface area contributed by atoms with Crippen molar-refractivity contribution < 1.29 is 43.2 Å². The summed E-state index contributed by atoms with van der Waals surface area (Å²) in [5, 5.41) is 10.7. The quantitative estimate of drug-likeness (QED) is 0.145. The van der Waals surface area contributed by atoms with Crippen LogP contribution in [0.2, 0.25) is 10.0 Å². The Hall–Kier alpha value is -2.72. The Labute approximate surface area is 242 Å². The van der Waals surface area contributed by atoms with E-state index in [1.54, 1.807) is 24.3 Å². The van der Waals surface area contributed by atoms with Gasteiger partial charge >= 0.3 is 17.9 Å². The van der Waals surface area contributed by atoms with Crippen molar-refractivity contribution in [3.8, 4) is 11.5 Å². The summed E-state index contributed by atoms with van der Waals surface area (Å²) in [5.74, 6) is -3.55. The fourth-order valence-electron chi connectivity index (χ4n) is 3.49. The summed E-state index contributed by atoms with van der Waals surface area (Å²) in [6.45, 7) is 7.03. The lowest BCUT2D eigenvalue weighted by Gasteiger charge is -2.28. The van der Waals surface area contributed by atoms with Crippen molar-refractivity contribution >= 4 is 52.7 Å². The van der Waals surface area contributed by atoms with Gasteiger partial charge in [0.25, 0.3) is 5.79 Å². The van der Waals surface area contributed by atoms with E-state index < -0.39 is 47.7 Å². The number of ether oxygens (including phenoxy) is 5. The first-order valence-corrected chi connectivity index (χ1v) is 13.1. The molecule has 0 fully saturated rings. The molecule has 9 nitrogen and oxygen atoms in total. The molecule has 1 N–H and O–H groups in total. The van der Waals surface area contributed by atoms with E-state index in [1.165, 1.54) is 13.8 Å². The number of hydrogen-bond donors (Lipinski definition) is 1. The molecule has 2 atom stereocenters. The highest BCUT2D eigenvalue weighted by molar-refractivity contribution is 6.37. The van der Waals surface area contributed by atoms with Crippen molar-refractivity contribution in [2.75, 3.05) is 25.7 Å². The molecule has 0 aromatic heterocycles. The monoisotopic (exact) mass is 604 g/mol. The van der Waals surface area contributed by atoms with Gasteiger partial charge in [-0.1, -0.05) is 49.2 Å². The summed E-state index contributed by atoms with van der Waals surface area (Å²) < 4.78 is 26.2. The highest BCUT2D eigenvalue weighted by Crippen LogP contribution is 2.41. The molecule has 0 amide bonds. The number of carbonyl (C=O) groups excluding carboxylic acids is 3. The van der Waals surface area contributed by atoms with Crippen molar-refractivity contribution in [2.45, 2.75) is 51.9 Å². The second-order valence-electron chi connectivity index (χ2n) is 9.23. The summed E-state index contributed by atoms with van der Waals surface area (Å²) in [4.78, 5) is 33.6. The number of aliphatic hydroxyl groups is 1. The van der Waals surface area contributed by atoms with Crippen LogP contribution in [0.3, 0.4) is 0 Å². The van der Waals surface area contributed by atoms with Crippen LogP contribution in [0.4, 0.5) is 0 Å². The van der Waals surface area contributed by atoms with E-state index in [4.69, 9.17) is 58.5 Å². The highest BCUT2D eigenvalue weighted by atomic mass is 35.5. The lowest BCUT2D eigenvalue weighted by atomic mass is 9.78. The predicted molar refractivity (Wildman–Crippen MR) is 146 cm³/mol. The van der Waals surface area contributed by atoms with E-state index in [1.807, 2.05) is 26.0 Å². The number of carbonyl (C=O) groups is 3. The number of hydrogen-bond acceptors (Lipinski definition) is 9. The standard InChI is InChI=1S/C27H31Cl3O9/c1-16(31)35-12-22(38-17(2)32)13-36-21-8-6-19(7-9-21)26(4,5)20-10-23(29)25(24(30)11-20)37-15-27(34,14-28)39-18(3)33/h6-11,22,34H,12-15H2,1-5H3/t22-,27+/m1/s1. The van der Waals surface area contributed by atoms with Gasteiger partial charge in [0, 0.05) is 26.2 Å². The first-order valence-electron chi connectivity index (χ1n) is 11.8. The molecular weight excluding hydrogens is 575 g/mol. The maximum absolute atomic E-state index is 11.3. The molecule has 2 aromatic rings. The van der Waals surface area contributed by atoms with Crippen LogP contribution in [0.1, 0.15) is 45.7 Å². The van der Waals surface area contributed by atoms with Crippen molar-refractivity contribution in [3.05, 3.63) is 57.6 Å². The maximum atomic E-state index is 11.3. The Kier molecular flexibility index (Phi) is 11.7. The second kappa shape index (κ2) is 14.1. The Balaban J connectivity index is 2.15. The van der Waals surface area contributed by atoms with Gasteiger partial charge in [-0.3, -0.25) is 14.4 Å². The maximum Gasteiger partial charge on any atom is 0.305 e. The van der Waals surface area contributed by atoms with Gasteiger partial charge in [0.15, 0.2) is 18.5 Å². The zero-order valence-electron chi connectivity index (χ0n) is 22.2. The van der Waals surface area contributed by atoms with Crippen LogP contribution >= 0.6 is 34.8 Å². The number of benzene rings is 2. The van der Waals surface area contributed by atoms with Crippen molar-refractivity contribution in [1.82, 2.24) is 0 Å². The Morgan fingerprint density at radius 1 is 0.872 bits per heavy atom. The Morgan fingerprint density at radius 2 is 1.46 bits per heavy atom. The normalized spacial score (nSPS) is 13.6. The molecule has 39 heavy (non-hydrogen) atoms. The largest absolute Gasteiger partial charge is 0.490 e. The van der Waals surface area contributed by atoms with Crippen LogP contribution in [0.25, 0.3) is 0 Å². The number of rotatable bonds is 13. The third-order valence-electron chi connectivity index (χ3n) is 5.52. The average molecular weight is 606 g/mol. The summed E-state index contributed by atoms with van der Waals surface area (Å²) in [6.07, 6.45) is -0.748. The van der Waals surface area contributed by atoms with Gasteiger partial charge in [0.1, 0.15) is 19.0 Å². The van der Waals surface area contributed by atoms with E-state index in [0.717, 1.165) is 18.1 Å². The molecular formula is C27H31Cl3O9. The molecule has 0 saturated carbocycles. The minimum Gasteiger partial charge on any atom is -0.490 e. The first kappa shape index (κ1) is 32.5. The summed E-state index contributed by atoms with van der Waals surface area (Å²) in [6, 6.07) is 10.6. The van der Waals surface area contributed by atoms with Gasteiger partial charge < -0.3 is 28.8 Å². The SMILES string of the molecule is CC(=O)OC[C@H](COc1ccc(C(C)(C)c2cc(Cl)c(OC[C@](O)(CCl)OC(C)=O)c(Cl)c2)cc1)OC(C)=O.